The van der Waals surface area contributed by atoms with Crippen LogP contribution in [0.2, 0.25) is 5.02 Å². The number of Topliss-reactive ketones (excluding diaryl/α,β-unsaturated/α-hetero) is 1. The Morgan fingerprint density at radius 3 is 2.54 bits per heavy atom. The summed E-state index contributed by atoms with van der Waals surface area (Å²) in [6, 6.07) is 12.1. The highest BCUT2D eigenvalue weighted by atomic mass is 35.5. The number of benzene rings is 2. The van der Waals surface area contributed by atoms with Crippen molar-refractivity contribution in [3.8, 4) is 0 Å². The van der Waals surface area contributed by atoms with Crippen LogP contribution >= 0.6 is 11.6 Å². The summed E-state index contributed by atoms with van der Waals surface area (Å²) in [6.45, 7) is -0.404. The molecule has 0 spiro atoms. The molecule has 0 aliphatic carbocycles. The summed E-state index contributed by atoms with van der Waals surface area (Å²) in [5, 5.41) is 0.497. The van der Waals surface area contributed by atoms with Gasteiger partial charge in [-0.25, -0.2) is 4.39 Å². The molecule has 0 aromatic heterocycles. The molecule has 2 aromatic rings. The highest BCUT2D eigenvalue weighted by molar-refractivity contribution is 6.30. The molecule has 1 saturated heterocycles. The van der Waals surface area contributed by atoms with Crippen molar-refractivity contribution in [3.63, 3.8) is 0 Å². The van der Waals surface area contributed by atoms with Crippen LogP contribution in [0.25, 0.3) is 0 Å². The number of halogens is 2. The lowest BCUT2D eigenvalue weighted by atomic mass is 10.1. The molecular weight excluding hydrogens is 361 g/mol. The summed E-state index contributed by atoms with van der Waals surface area (Å²) >= 11 is 5.76. The van der Waals surface area contributed by atoms with E-state index in [1.54, 1.807) is 18.2 Å². The average Bonchev–Trinajstić information content (AvgIpc) is 3.02. The summed E-state index contributed by atoms with van der Waals surface area (Å²) in [5.41, 5.74) is 0.503. The molecule has 1 aliphatic heterocycles. The third kappa shape index (κ3) is 3.91. The van der Waals surface area contributed by atoms with E-state index in [1.807, 2.05) is 0 Å². The van der Waals surface area contributed by atoms with Gasteiger partial charge >= 0.3 is 5.97 Å². The van der Waals surface area contributed by atoms with Crippen LogP contribution in [0.4, 0.5) is 10.1 Å². The Kier molecular flexibility index (Phi) is 5.32. The molecule has 7 heteroatoms. The van der Waals surface area contributed by atoms with Crippen molar-refractivity contribution in [2.24, 2.45) is 5.92 Å². The lowest BCUT2D eigenvalue weighted by molar-refractivity contribution is -0.147. The largest absolute Gasteiger partial charge is 0.457 e. The first-order chi connectivity index (χ1) is 12.5. The zero-order chi connectivity index (χ0) is 18.7. The topological polar surface area (TPSA) is 63.7 Å². The maximum Gasteiger partial charge on any atom is 0.311 e. The second kappa shape index (κ2) is 7.66. The first kappa shape index (κ1) is 18.1. The van der Waals surface area contributed by atoms with Gasteiger partial charge in [-0.05, 0) is 36.4 Å². The van der Waals surface area contributed by atoms with Gasteiger partial charge in [-0.15, -0.1) is 0 Å². The Balaban J connectivity index is 1.59. The van der Waals surface area contributed by atoms with E-state index >= 15 is 0 Å². The van der Waals surface area contributed by atoms with E-state index in [2.05, 4.69) is 0 Å². The summed E-state index contributed by atoms with van der Waals surface area (Å²) in [6.07, 6.45) is -0.0810. The summed E-state index contributed by atoms with van der Waals surface area (Å²) < 4.78 is 18.9. The smallest absolute Gasteiger partial charge is 0.311 e. The van der Waals surface area contributed by atoms with Crippen molar-refractivity contribution < 1.29 is 23.5 Å². The van der Waals surface area contributed by atoms with Gasteiger partial charge in [0.15, 0.2) is 12.4 Å². The van der Waals surface area contributed by atoms with Crippen molar-refractivity contribution >= 4 is 34.9 Å². The second-order valence-corrected chi connectivity index (χ2v) is 6.33. The summed E-state index contributed by atoms with van der Waals surface area (Å²) in [4.78, 5) is 37.5. The van der Waals surface area contributed by atoms with Crippen molar-refractivity contribution in [1.29, 1.82) is 0 Å². The Bertz CT molecular complexity index is 853. The van der Waals surface area contributed by atoms with Crippen LogP contribution in [0.3, 0.4) is 0 Å². The number of hydrogen-bond donors (Lipinski definition) is 0. The summed E-state index contributed by atoms with van der Waals surface area (Å²) in [7, 11) is 0. The molecule has 0 bridgehead atoms. The quantitative estimate of drug-likeness (QED) is 0.594. The number of ether oxygens (including phenoxy) is 1. The van der Waals surface area contributed by atoms with E-state index < -0.39 is 24.3 Å². The van der Waals surface area contributed by atoms with Crippen LogP contribution in [0.5, 0.6) is 0 Å². The van der Waals surface area contributed by atoms with Crippen LogP contribution in [0, 0.1) is 11.7 Å². The Morgan fingerprint density at radius 2 is 1.85 bits per heavy atom. The highest BCUT2D eigenvalue weighted by Gasteiger charge is 2.37. The van der Waals surface area contributed by atoms with Gasteiger partial charge < -0.3 is 9.64 Å². The standard InChI is InChI=1S/C19H15ClFNO4/c20-14-7-5-12(6-8-14)17(23)11-26-19(25)13-9-18(24)22(10-13)16-4-2-1-3-15(16)21/h1-8,13H,9-11H2/t13-/m1/s1. The first-order valence-electron chi connectivity index (χ1n) is 7.96. The van der Waals surface area contributed by atoms with Gasteiger partial charge in [0.1, 0.15) is 5.82 Å². The minimum Gasteiger partial charge on any atom is -0.457 e. The van der Waals surface area contributed by atoms with Crippen LogP contribution in [-0.4, -0.2) is 30.8 Å². The van der Waals surface area contributed by atoms with E-state index in [0.717, 1.165) is 0 Å². The van der Waals surface area contributed by atoms with E-state index in [1.165, 1.54) is 35.2 Å². The SMILES string of the molecule is O=C(COC(=O)[C@@H]1CC(=O)N(c2ccccc2F)C1)c1ccc(Cl)cc1. The summed E-state index contributed by atoms with van der Waals surface area (Å²) in [5.74, 6) is -2.65. The highest BCUT2D eigenvalue weighted by Crippen LogP contribution is 2.27. The van der Waals surface area contributed by atoms with E-state index in [9.17, 15) is 18.8 Å². The Labute approximate surface area is 154 Å². The minimum atomic E-state index is -0.736. The van der Waals surface area contributed by atoms with Gasteiger partial charge in [0.2, 0.25) is 5.91 Å². The van der Waals surface area contributed by atoms with E-state index in [4.69, 9.17) is 16.3 Å². The molecule has 1 atom stereocenters. The third-order valence-electron chi connectivity index (χ3n) is 4.11. The number of para-hydroxylation sites is 1. The van der Waals surface area contributed by atoms with Gasteiger partial charge in [-0.3, -0.25) is 14.4 Å². The van der Waals surface area contributed by atoms with Crippen molar-refractivity contribution in [2.75, 3.05) is 18.1 Å². The van der Waals surface area contributed by atoms with Gasteiger partial charge in [0.05, 0.1) is 11.6 Å². The molecular formula is C19H15ClFNO4. The number of ketones is 1. The molecule has 0 unspecified atom stereocenters. The van der Waals surface area contributed by atoms with Gasteiger partial charge in [-0.2, -0.15) is 0 Å². The van der Waals surface area contributed by atoms with Crippen molar-refractivity contribution in [3.05, 3.63) is 64.9 Å². The van der Waals surface area contributed by atoms with Gasteiger partial charge in [-0.1, -0.05) is 23.7 Å². The van der Waals surface area contributed by atoms with Crippen LogP contribution in [-0.2, 0) is 14.3 Å². The number of esters is 1. The number of rotatable bonds is 5. The molecule has 1 aliphatic rings. The fourth-order valence-electron chi connectivity index (χ4n) is 2.74. The normalized spacial score (nSPS) is 16.6. The van der Waals surface area contributed by atoms with Crippen LogP contribution in [0.1, 0.15) is 16.8 Å². The zero-order valence-electron chi connectivity index (χ0n) is 13.7. The molecule has 3 rings (SSSR count). The van der Waals surface area contributed by atoms with E-state index in [-0.39, 0.29) is 30.3 Å². The minimum absolute atomic E-state index is 0.0216. The third-order valence-corrected chi connectivity index (χ3v) is 4.37. The molecule has 1 amide bonds. The molecule has 1 heterocycles. The Morgan fingerprint density at radius 1 is 1.15 bits per heavy atom. The number of nitrogens with zero attached hydrogens (tertiary/aromatic N) is 1. The molecule has 5 nitrogen and oxygen atoms in total. The van der Waals surface area contributed by atoms with Crippen molar-refractivity contribution in [1.82, 2.24) is 0 Å². The van der Waals surface area contributed by atoms with Gasteiger partial charge in [0, 0.05) is 23.6 Å². The fourth-order valence-corrected chi connectivity index (χ4v) is 2.87. The first-order valence-corrected chi connectivity index (χ1v) is 8.34. The average molecular weight is 376 g/mol. The molecule has 0 saturated carbocycles. The molecule has 0 radical (unpaired) electrons. The molecule has 134 valence electrons. The number of hydrogen-bond acceptors (Lipinski definition) is 4. The molecule has 0 N–H and O–H groups in total. The molecule has 1 fully saturated rings. The van der Waals surface area contributed by atoms with E-state index in [0.29, 0.717) is 10.6 Å². The lowest BCUT2D eigenvalue weighted by Gasteiger charge is -2.17. The fraction of sp³-hybridized carbons (Fsp3) is 0.211. The molecule has 2 aromatic carbocycles. The van der Waals surface area contributed by atoms with Crippen LogP contribution < -0.4 is 4.90 Å². The monoisotopic (exact) mass is 375 g/mol. The number of amides is 1. The second-order valence-electron chi connectivity index (χ2n) is 5.89. The predicted octanol–water partition coefficient (Wildman–Crippen LogP) is 3.26. The Hall–Kier alpha value is -2.73. The maximum atomic E-state index is 13.8. The number of carbonyl (C=O) groups excluding carboxylic acids is 3. The molecule has 26 heavy (non-hydrogen) atoms. The van der Waals surface area contributed by atoms with Crippen LogP contribution in [0.15, 0.2) is 48.5 Å². The number of carbonyl (C=O) groups is 3. The lowest BCUT2D eigenvalue weighted by Crippen LogP contribution is -2.27. The zero-order valence-corrected chi connectivity index (χ0v) is 14.4. The van der Waals surface area contributed by atoms with Crippen molar-refractivity contribution in [2.45, 2.75) is 6.42 Å². The maximum absolute atomic E-state index is 13.8. The predicted molar refractivity (Wildman–Crippen MR) is 93.6 cm³/mol. The number of anilines is 1. The van der Waals surface area contributed by atoms with Gasteiger partial charge in [0.25, 0.3) is 0 Å².